The number of imidazole rings is 1. The monoisotopic (exact) mass is 599 g/mol. The van der Waals surface area contributed by atoms with E-state index in [4.69, 9.17) is 15.5 Å². The van der Waals surface area contributed by atoms with Crippen molar-refractivity contribution in [3.63, 3.8) is 0 Å². The van der Waals surface area contributed by atoms with Gasteiger partial charge in [-0.3, -0.25) is 4.79 Å². The van der Waals surface area contributed by atoms with Gasteiger partial charge >= 0.3 is 0 Å². The summed E-state index contributed by atoms with van der Waals surface area (Å²) in [6.45, 7) is 5.85. The van der Waals surface area contributed by atoms with Crippen molar-refractivity contribution in [2.45, 2.75) is 58.2 Å². The van der Waals surface area contributed by atoms with Crippen molar-refractivity contribution in [1.29, 1.82) is 0 Å². The second-order valence-electron chi connectivity index (χ2n) is 13.4. The molecule has 45 heavy (non-hydrogen) atoms. The Morgan fingerprint density at radius 2 is 1.91 bits per heavy atom. The minimum Gasteiger partial charge on any atom is -0.494 e. The van der Waals surface area contributed by atoms with Crippen LogP contribution < -0.4 is 10.5 Å². The Labute approximate surface area is 264 Å². The number of rotatable bonds is 7. The maximum atomic E-state index is 13.8. The van der Waals surface area contributed by atoms with Gasteiger partial charge in [0.05, 0.1) is 18.3 Å². The van der Waals surface area contributed by atoms with Crippen molar-refractivity contribution < 1.29 is 9.53 Å². The molecule has 7 nitrogen and oxygen atoms in total. The number of hydrogen-bond acceptors (Lipinski definition) is 4. The van der Waals surface area contributed by atoms with E-state index in [1.54, 1.807) is 7.11 Å². The third-order valence-electron chi connectivity index (χ3n) is 10.6. The van der Waals surface area contributed by atoms with Gasteiger partial charge < -0.3 is 24.5 Å². The largest absolute Gasteiger partial charge is 0.494 e. The summed E-state index contributed by atoms with van der Waals surface area (Å²) >= 11 is 0. The summed E-state index contributed by atoms with van der Waals surface area (Å²) in [5.41, 5.74) is 16.4. The third-order valence-corrected chi connectivity index (χ3v) is 10.6. The van der Waals surface area contributed by atoms with Gasteiger partial charge in [0.1, 0.15) is 11.3 Å². The average Bonchev–Trinajstić information content (AvgIpc) is 3.37. The molecule has 2 fully saturated rings. The third kappa shape index (κ3) is 4.59. The van der Waals surface area contributed by atoms with Gasteiger partial charge in [-0.2, -0.15) is 0 Å². The van der Waals surface area contributed by atoms with Crippen LogP contribution in [-0.4, -0.2) is 50.7 Å². The summed E-state index contributed by atoms with van der Waals surface area (Å²) in [6.07, 6.45) is 6.78. The zero-order valence-corrected chi connectivity index (χ0v) is 26.6. The lowest BCUT2D eigenvalue weighted by atomic mass is 9.98. The van der Waals surface area contributed by atoms with Crippen molar-refractivity contribution >= 4 is 39.5 Å². The second kappa shape index (κ2) is 10.6. The first-order chi connectivity index (χ1) is 21.8. The van der Waals surface area contributed by atoms with Crippen LogP contribution in [0.3, 0.4) is 0 Å². The number of likely N-dealkylation sites (tertiary alicyclic amines) is 1. The SMILES string of the molecule is CC[C@@H]1CN(C(=O)c2cc(OC)c3c(c2)nc(-c2cc4cc(C5=Cc6ccccc6C5)ccc4n2CC2CC2)n3C)[C@H](C)[C@H]1N. The van der Waals surface area contributed by atoms with Gasteiger partial charge in [-0.05, 0) is 90.6 Å². The van der Waals surface area contributed by atoms with Crippen LogP contribution in [-0.2, 0) is 20.0 Å². The number of hydrogen-bond donors (Lipinski definition) is 1. The molecule has 5 aromatic rings. The Bertz CT molecular complexity index is 2010. The Hall–Kier alpha value is -4.36. The molecule has 230 valence electrons. The number of nitrogens with two attached hydrogens (primary N) is 1. The molecule has 3 atom stereocenters. The van der Waals surface area contributed by atoms with Crippen LogP contribution in [0.2, 0.25) is 0 Å². The molecule has 0 bridgehead atoms. The number of carbonyl (C=O) groups is 1. The highest BCUT2D eigenvalue weighted by atomic mass is 16.5. The lowest BCUT2D eigenvalue weighted by Gasteiger charge is -2.23. The molecule has 8 rings (SSSR count). The number of aryl methyl sites for hydroxylation is 1. The van der Waals surface area contributed by atoms with Crippen molar-refractivity contribution in [3.05, 3.63) is 82.9 Å². The zero-order chi connectivity index (χ0) is 31.0. The Balaban J connectivity index is 1.21. The van der Waals surface area contributed by atoms with E-state index in [1.807, 2.05) is 24.1 Å². The number of nitrogens with zero attached hydrogens (tertiary/aromatic N) is 4. The molecular weight excluding hydrogens is 558 g/mol. The van der Waals surface area contributed by atoms with Crippen LogP contribution in [0.25, 0.3) is 45.1 Å². The predicted octanol–water partition coefficient (Wildman–Crippen LogP) is 6.91. The quantitative estimate of drug-likeness (QED) is 0.221. The van der Waals surface area contributed by atoms with Crippen LogP contribution in [0.15, 0.2) is 60.7 Å². The standard InChI is InChI=1S/C38H41N5O2/c1-5-24-21-42(22(2)35(24)39)38(44)30-17-31-36(34(19-30)45-4)41(3)37(40-31)33-18-29-16-27(12-13-32(29)43(33)20-23-10-11-23)28-14-25-8-6-7-9-26(25)15-28/h6-9,12-14,16-19,22-24,35H,5,10-11,15,20-21,39H2,1-4H3/t22-,24-,35-/m1/s1. The Morgan fingerprint density at radius 3 is 2.64 bits per heavy atom. The van der Waals surface area contributed by atoms with Crippen LogP contribution in [0.4, 0.5) is 0 Å². The van der Waals surface area contributed by atoms with Gasteiger partial charge in [0, 0.05) is 48.7 Å². The Morgan fingerprint density at radius 1 is 1.09 bits per heavy atom. The molecule has 7 heteroatoms. The predicted molar refractivity (Wildman–Crippen MR) is 181 cm³/mol. The first-order valence-corrected chi connectivity index (χ1v) is 16.4. The molecule has 1 saturated heterocycles. The molecule has 0 unspecified atom stereocenters. The van der Waals surface area contributed by atoms with Crippen molar-refractivity contribution in [1.82, 2.24) is 19.0 Å². The number of amides is 1. The van der Waals surface area contributed by atoms with Gasteiger partial charge in [0.2, 0.25) is 0 Å². The molecular formula is C38H41N5O2. The smallest absolute Gasteiger partial charge is 0.254 e. The fourth-order valence-corrected chi connectivity index (χ4v) is 7.67. The average molecular weight is 600 g/mol. The molecule has 3 heterocycles. The minimum absolute atomic E-state index is 0.0133. The second-order valence-corrected chi connectivity index (χ2v) is 13.4. The highest BCUT2D eigenvalue weighted by molar-refractivity contribution is 6.01. The van der Waals surface area contributed by atoms with Crippen molar-refractivity contribution in [3.8, 4) is 17.3 Å². The molecule has 3 aliphatic rings. The van der Waals surface area contributed by atoms with Gasteiger partial charge in [0.25, 0.3) is 5.91 Å². The normalized spacial score (nSPS) is 21.1. The van der Waals surface area contributed by atoms with E-state index in [-0.39, 0.29) is 18.0 Å². The summed E-state index contributed by atoms with van der Waals surface area (Å²) < 4.78 is 10.5. The summed E-state index contributed by atoms with van der Waals surface area (Å²) in [7, 11) is 3.71. The number of ether oxygens (including phenoxy) is 1. The van der Waals surface area contributed by atoms with Crippen molar-refractivity contribution in [2.75, 3.05) is 13.7 Å². The van der Waals surface area contributed by atoms with Gasteiger partial charge in [-0.15, -0.1) is 0 Å². The van der Waals surface area contributed by atoms with Gasteiger partial charge in [-0.1, -0.05) is 49.8 Å². The van der Waals surface area contributed by atoms with Crippen LogP contribution in [0.5, 0.6) is 5.75 Å². The maximum absolute atomic E-state index is 13.8. The molecule has 2 N–H and O–H groups in total. The number of benzene rings is 3. The first kappa shape index (κ1) is 28.1. The molecule has 1 aliphatic heterocycles. The van der Waals surface area contributed by atoms with E-state index in [0.29, 0.717) is 29.7 Å². The lowest BCUT2D eigenvalue weighted by molar-refractivity contribution is 0.0739. The highest BCUT2D eigenvalue weighted by Crippen LogP contribution is 2.40. The highest BCUT2D eigenvalue weighted by Gasteiger charge is 2.39. The van der Waals surface area contributed by atoms with Crippen LogP contribution in [0.1, 0.15) is 60.2 Å². The fourth-order valence-electron chi connectivity index (χ4n) is 7.67. The van der Waals surface area contributed by atoms with E-state index in [9.17, 15) is 4.79 Å². The van der Waals surface area contributed by atoms with E-state index >= 15 is 0 Å². The van der Waals surface area contributed by atoms with Gasteiger partial charge in [-0.25, -0.2) is 4.98 Å². The summed E-state index contributed by atoms with van der Waals surface area (Å²) in [6, 6.07) is 21.6. The number of methoxy groups -OCH3 is 1. The van der Waals surface area contributed by atoms with Crippen LogP contribution >= 0.6 is 0 Å². The maximum Gasteiger partial charge on any atom is 0.254 e. The number of allylic oxidation sites excluding steroid dienone is 1. The zero-order valence-electron chi connectivity index (χ0n) is 26.6. The minimum atomic E-state index is -0.0138. The molecule has 2 aromatic heterocycles. The van der Waals surface area contributed by atoms with E-state index in [1.165, 1.54) is 46.0 Å². The number of aromatic nitrogens is 3. The van der Waals surface area contributed by atoms with Crippen molar-refractivity contribution in [2.24, 2.45) is 24.6 Å². The molecule has 0 spiro atoms. The number of fused-ring (bicyclic) bond motifs is 3. The van der Waals surface area contributed by atoms with Gasteiger partial charge in [0.15, 0.2) is 5.82 Å². The molecule has 1 saturated carbocycles. The van der Waals surface area contributed by atoms with Crippen LogP contribution in [0, 0.1) is 11.8 Å². The molecule has 2 aliphatic carbocycles. The topological polar surface area (TPSA) is 78.3 Å². The fraction of sp³-hybridized carbons (Fsp3) is 0.368. The lowest BCUT2D eigenvalue weighted by Crippen LogP contribution is -2.41. The summed E-state index contributed by atoms with van der Waals surface area (Å²) in [5, 5.41) is 1.22. The molecule has 3 aromatic carbocycles. The number of carbonyl (C=O) groups excluding carboxylic acids is 1. The molecule has 1 amide bonds. The molecule has 0 radical (unpaired) electrons. The van der Waals surface area contributed by atoms with E-state index < -0.39 is 0 Å². The summed E-state index contributed by atoms with van der Waals surface area (Å²) in [5.74, 6) is 2.52. The van der Waals surface area contributed by atoms with E-state index in [2.05, 4.69) is 77.6 Å². The Kier molecular flexibility index (Phi) is 6.64. The van der Waals surface area contributed by atoms with E-state index in [0.717, 1.165) is 41.9 Å². The first-order valence-electron chi connectivity index (χ1n) is 16.4. The summed E-state index contributed by atoms with van der Waals surface area (Å²) in [4.78, 5) is 20.9.